The van der Waals surface area contributed by atoms with E-state index in [1.54, 1.807) is 42.5 Å². The van der Waals surface area contributed by atoms with Crippen LogP contribution in [0.3, 0.4) is 0 Å². The molecule has 1 aliphatic rings. The summed E-state index contributed by atoms with van der Waals surface area (Å²) < 4.78 is 1.98. The number of hydrogen-bond acceptors (Lipinski definition) is 5. The van der Waals surface area contributed by atoms with Gasteiger partial charge < -0.3 is 4.57 Å². The molecule has 1 N–H and O–H groups in total. The molecule has 1 fully saturated rings. The van der Waals surface area contributed by atoms with Gasteiger partial charge in [0.05, 0.1) is 22.0 Å². The van der Waals surface area contributed by atoms with Crippen molar-refractivity contribution in [3.63, 3.8) is 0 Å². The van der Waals surface area contributed by atoms with Crippen LogP contribution in [-0.2, 0) is 9.59 Å². The van der Waals surface area contributed by atoms with Crippen LogP contribution in [0.5, 0.6) is 0 Å². The maximum Gasteiger partial charge on any atom is 0.270 e. The molecule has 1 aliphatic heterocycles. The van der Waals surface area contributed by atoms with E-state index in [1.165, 1.54) is 17.0 Å². The molecule has 204 valence electrons. The largest absolute Gasteiger partial charge is 0.309 e. The van der Waals surface area contributed by atoms with Crippen LogP contribution in [0.25, 0.3) is 34.3 Å². The highest BCUT2D eigenvalue weighted by molar-refractivity contribution is 7.80. The topological polar surface area (TPSA) is 97.5 Å². The van der Waals surface area contributed by atoms with Crippen LogP contribution in [0, 0.1) is 10.1 Å². The minimum atomic E-state index is -0.597. The van der Waals surface area contributed by atoms with Crippen molar-refractivity contribution in [2.45, 2.75) is 0 Å². The Morgan fingerprint density at radius 3 is 1.90 bits per heavy atom. The molecule has 4 aromatic carbocycles. The minimum Gasteiger partial charge on any atom is -0.309 e. The number of benzene rings is 4. The summed E-state index contributed by atoms with van der Waals surface area (Å²) in [6.45, 7) is 0. The van der Waals surface area contributed by atoms with E-state index in [0.29, 0.717) is 22.6 Å². The first-order valence-electron chi connectivity index (χ1n) is 13.0. The number of para-hydroxylation sites is 1. The van der Waals surface area contributed by atoms with E-state index < -0.39 is 16.7 Å². The van der Waals surface area contributed by atoms with Crippen molar-refractivity contribution in [3.05, 3.63) is 143 Å². The second-order valence-corrected chi connectivity index (χ2v) is 9.85. The molecule has 1 aromatic heterocycles. The van der Waals surface area contributed by atoms with Gasteiger partial charge in [0, 0.05) is 23.4 Å². The lowest BCUT2D eigenvalue weighted by Crippen LogP contribution is -2.54. The van der Waals surface area contributed by atoms with Gasteiger partial charge in [-0.15, -0.1) is 0 Å². The van der Waals surface area contributed by atoms with Gasteiger partial charge >= 0.3 is 0 Å². The molecule has 0 spiro atoms. The highest BCUT2D eigenvalue weighted by atomic mass is 32.1. The van der Waals surface area contributed by atoms with E-state index in [-0.39, 0.29) is 16.4 Å². The molecule has 42 heavy (non-hydrogen) atoms. The van der Waals surface area contributed by atoms with Crippen molar-refractivity contribution in [2.75, 3.05) is 4.90 Å². The lowest BCUT2D eigenvalue weighted by Gasteiger charge is -2.28. The molecule has 6 rings (SSSR count). The zero-order valence-corrected chi connectivity index (χ0v) is 22.8. The van der Waals surface area contributed by atoms with Gasteiger partial charge in [-0.05, 0) is 59.8 Å². The third kappa shape index (κ3) is 4.89. The molecule has 0 bridgehead atoms. The van der Waals surface area contributed by atoms with Crippen molar-refractivity contribution in [2.24, 2.45) is 0 Å². The van der Waals surface area contributed by atoms with E-state index in [2.05, 4.69) is 5.32 Å². The summed E-state index contributed by atoms with van der Waals surface area (Å²) >= 11 is 5.36. The second-order valence-electron chi connectivity index (χ2n) is 9.47. The molecule has 0 atom stereocenters. The fourth-order valence-corrected chi connectivity index (χ4v) is 5.25. The molecule has 2 heterocycles. The molecule has 0 aliphatic carbocycles. The summed E-state index contributed by atoms with van der Waals surface area (Å²) in [6, 6.07) is 36.3. The van der Waals surface area contributed by atoms with Crippen molar-refractivity contribution in [3.8, 4) is 28.2 Å². The van der Waals surface area contributed by atoms with Gasteiger partial charge in [0.1, 0.15) is 5.57 Å². The maximum atomic E-state index is 13.8. The van der Waals surface area contributed by atoms with Gasteiger partial charge in [-0.25, -0.2) is 0 Å². The Bertz CT molecular complexity index is 1870. The molecule has 0 radical (unpaired) electrons. The maximum absolute atomic E-state index is 13.8. The molecule has 2 amide bonds. The number of carbonyl (C=O) groups is 2. The smallest absolute Gasteiger partial charge is 0.270 e. The highest BCUT2D eigenvalue weighted by Gasteiger charge is 2.35. The number of nitro groups is 1. The Balaban J connectivity index is 1.60. The third-order valence-corrected chi connectivity index (χ3v) is 7.17. The Morgan fingerprint density at radius 1 is 0.738 bits per heavy atom. The fourth-order valence-electron chi connectivity index (χ4n) is 4.97. The van der Waals surface area contributed by atoms with Crippen LogP contribution in [0.2, 0.25) is 0 Å². The van der Waals surface area contributed by atoms with Crippen molar-refractivity contribution >= 4 is 46.6 Å². The van der Waals surface area contributed by atoms with Gasteiger partial charge in [-0.2, -0.15) is 0 Å². The highest BCUT2D eigenvalue weighted by Crippen LogP contribution is 2.38. The second kappa shape index (κ2) is 11.1. The van der Waals surface area contributed by atoms with E-state index in [0.717, 1.165) is 16.8 Å². The zero-order chi connectivity index (χ0) is 29.2. The average molecular weight is 571 g/mol. The summed E-state index contributed by atoms with van der Waals surface area (Å²) in [6.07, 6.45) is 1.58. The standard InChI is InChI=1S/C33H22N4O4S/c38-31-28(32(39)36(33(42)34-31)25-14-8-3-9-15-25)20-24-21-29(22-10-4-1-5-11-22)35(30(24)23-12-6-2-7-13-23)26-16-18-27(19-17-26)37(40)41/h1-21H,(H,34,38,42)/b28-20+. The van der Waals surface area contributed by atoms with Crippen molar-refractivity contribution < 1.29 is 14.5 Å². The zero-order valence-electron chi connectivity index (χ0n) is 22.0. The SMILES string of the molecule is O=C1NC(=S)N(c2ccccc2)C(=O)/C1=C/c1cc(-c2ccccc2)n(-c2ccc([N+](=O)[O-])cc2)c1-c1ccccc1. The Kier molecular flexibility index (Phi) is 7.00. The van der Waals surface area contributed by atoms with E-state index in [9.17, 15) is 19.7 Å². The van der Waals surface area contributed by atoms with Gasteiger partial charge in [0.15, 0.2) is 5.11 Å². The number of amides is 2. The van der Waals surface area contributed by atoms with Crippen LogP contribution >= 0.6 is 12.2 Å². The number of nitro benzene ring substituents is 1. The molecule has 0 saturated carbocycles. The quantitative estimate of drug-likeness (QED) is 0.0821. The number of anilines is 1. The van der Waals surface area contributed by atoms with E-state index in [1.807, 2.05) is 77.4 Å². The molecular formula is C33H22N4O4S. The summed E-state index contributed by atoms with van der Waals surface area (Å²) in [4.78, 5) is 39.2. The van der Waals surface area contributed by atoms with Crippen molar-refractivity contribution in [1.29, 1.82) is 0 Å². The summed E-state index contributed by atoms with van der Waals surface area (Å²) in [5.41, 5.74) is 4.89. The predicted molar refractivity (Wildman–Crippen MR) is 166 cm³/mol. The number of thiocarbonyl (C=S) groups is 1. The van der Waals surface area contributed by atoms with E-state index in [4.69, 9.17) is 12.2 Å². The number of non-ortho nitro benzene ring substituents is 1. The summed E-state index contributed by atoms with van der Waals surface area (Å²) in [7, 11) is 0. The molecule has 9 heteroatoms. The molecule has 0 unspecified atom stereocenters. The third-order valence-electron chi connectivity index (χ3n) is 6.88. The fraction of sp³-hybridized carbons (Fsp3) is 0. The Hall–Kier alpha value is -5.67. The number of carbonyl (C=O) groups excluding carboxylic acids is 2. The lowest BCUT2D eigenvalue weighted by atomic mass is 10.0. The molecular weight excluding hydrogens is 548 g/mol. The number of nitrogens with zero attached hydrogens (tertiary/aromatic N) is 3. The van der Waals surface area contributed by atoms with Crippen LogP contribution in [0.1, 0.15) is 5.56 Å². The first kappa shape index (κ1) is 26.5. The van der Waals surface area contributed by atoms with Crippen LogP contribution < -0.4 is 10.2 Å². The van der Waals surface area contributed by atoms with E-state index >= 15 is 0 Å². The Labute approximate surface area is 246 Å². The monoisotopic (exact) mass is 570 g/mol. The first-order valence-corrected chi connectivity index (χ1v) is 13.4. The predicted octanol–water partition coefficient (Wildman–Crippen LogP) is 6.55. The van der Waals surface area contributed by atoms with Gasteiger partial charge in [0.2, 0.25) is 0 Å². The Morgan fingerprint density at radius 2 is 1.31 bits per heavy atom. The number of rotatable bonds is 6. The van der Waals surface area contributed by atoms with Crippen LogP contribution in [0.4, 0.5) is 11.4 Å². The van der Waals surface area contributed by atoms with Crippen LogP contribution in [0.15, 0.2) is 127 Å². The molecule has 1 saturated heterocycles. The first-order chi connectivity index (χ1) is 20.4. The minimum absolute atomic E-state index is 0.00468. The van der Waals surface area contributed by atoms with Gasteiger partial charge in [-0.1, -0.05) is 78.9 Å². The molecule has 8 nitrogen and oxygen atoms in total. The number of nitrogens with one attached hydrogen (secondary N) is 1. The number of aromatic nitrogens is 1. The van der Waals surface area contributed by atoms with Crippen molar-refractivity contribution in [1.82, 2.24) is 9.88 Å². The lowest BCUT2D eigenvalue weighted by molar-refractivity contribution is -0.384. The average Bonchev–Trinajstić information content (AvgIpc) is 3.40. The number of hydrogen-bond donors (Lipinski definition) is 1. The van der Waals surface area contributed by atoms with Gasteiger partial charge in [0.25, 0.3) is 17.5 Å². The van der Waals surface area contributed by atoms with Gasteiger partial charge in [-0.3, -0.25) is 29.9 Å². The van der Waals surface area contributed by atoms with Crippen LogP contribution in [-0.4, -0.2) is 26.4 Å². The summed E-state index contributed by atoms with van der Waals surface area (Å²) in [5.74, 6) is -1.14. The molecule has 5 aromatic rings. The summed E-state index contributed by atoms with van der Waals surface area (Å²) in [5, 5.41) is 14.0. The normalized spacial score (nSPS) is 14.2.